The molecule has 0 unspecified atom stereocenters. The summed E-state index contributed by atoms with van der Waals surface area (Å²) in [6.45, 7) is -6.22. The number of aliphatic hydroxyl groups excluding tert-OH is 5. The van der Waals surface area contributed by atoms with Gasteiger partial charge < -0.3 is 110 Å². The highest BCUT2D eigenvalue weighted by atomic mass is 16.4. The maximum absolute atomic E-state index is 13.5. The van der Waals surface area contributed by atoms with Crippen molar-refractivity contribution in [1.29, 1.82) is 0 Å². The molecule has 428 valence electrons. The van der Waals surface area contributed by atoms with Crippen LogP contribution in [0.25, 0.3) is 0 Å². The highest BCUT2D eigenvalue weighted by molar-refractivity contribution is 5.99. The average Bonchev–Trinajstić information content (AvgIpc) is 3.35. The second-order valence-electron chi connectivity index (χ2n) is 16.1. The lowest BCUT2D eigenvalue weighted by molar-refractivity contribution is -0.144. The Kier molecular flexibility index (Phi) is 31.3. The van der Waals surface area contributed by atoms with Gasteiger partial charge in [-0.05, 0) is 32.1 Å². The van der Waals surface area contributed by atoms with E-state index in [1.54, 1.807) is 0 Å². The van der Waals surface area contributed by atoms with Crippen molar-refractivity contribution in [3.05, 3.63) is 0 Å². The van der Waals surface area contributed by atoms with Crippen LogP contribution in [-0.2, 0) is 71.9 Å². The molecule has 0 saturated heterocycles. The van der Waals surface area contributed by atoms with Crippen molar-refractivity contribution in [2.75, 3.05) is 33.0 Å². The second kappa shape index (κ2) is 35.1. The third-order valence-electron chi connectivity index (χ3n) is 10.2. The Hall–Kier alpha value is -8.19. The van der Waals surface area contributed by atoms with Crippen LogP contribution in [0.3, 0.4) is 0 Å². The Bertz CT molecular complexity index is 2110. The van der Waals surface area contributed by atoms with Crippen LogP contribution in [0.1, 0.15) is 64.2 Å². The van der Waals surface area contributed by atoms with Gasteiger partial charge in [-0.2, -0.15) is 0 Å². The first kappa shape index (κ1) is 67.8. The van der Waals surface area contributed by atoms with Crippen LogP contribution in [0.4, 0.5) is 0 Å². The van der Waals surface area contributed by atoms with Gasteiger partial charge in [-0.1, -0.05) is 0 Å². The Balaban J connectivity index is 6.41. The number of aliphatic hydroxyl groups is 5. The molecule has 0 bridgehead atoms. The number of rotatable bonds is 39. The number of amides is 9. The van der Waals surface area contributed by atoms with E-state index in [1.165, 1.54) is 0 Å². The quantitative estimate of drug-likeness (QED) is 0.0272. The zero-order valence-corrected chi connectivity index (χ0v) is 40.0. The normalized spacial score (nSPS) is 14.8. The van der Waals surface area contributed by atoms with E-state index < -0.39 is 247 Å². The van der Waals surface area contributed by atoms with Gasteiger partial charge >= 0.3 is 35.8 Å². The number of carbonyl (C=O) groups is 15. The number of aliphatic carboxylic acids is 6. The van der Waals surface area contributed by atoms with Crippen molar-refractivity contribution >= 4 is 89.0 Å². The topological polar surface area (TPSA) is 613 Å². The third kappa shape index (κ3) is 26.2. The van der Waals surface area contributed by atoms with Gasteiger partial charge in [0.2, 0.25) is 53.2 Å². The fraction of sp³-hybridized carbons (Fsp3) is 0.625. The summed E-state index contributed by atoms with van der Waals surface area (Å²) in [4.78, 5) is 186. The molecule has 0 aliphatic carbocycles. The molecule has 0 aromatic heterocycles. The van der Waals surface area contributed by atoms with Crippen LogP contribution in [-0.4, -0.2) is 239 Å². The van der Waals surface area contributed by atoms with Crippen molar-refractivity contribution < 1.29 is 128 Å². The summed E-state index contributed by atoms with van der Waals surface area (Å²) in [5, 5.41) is 122. The summed E-state index contributed by atoms with van der Waals surface area (Å²) in [5.41, 5.74) is 5.60. The van der Waals surface area contributed by atoms with Gasteiger partial charge in [0.05, 0.1) is 39.1 Å². The SMILES string of the molecule is N[C@@H](CCC(=O)O)C(=O)N[C@@H](CO)C(=O)N[C@@H](CCC(=O)O)C(=O)N[C@@H](CO)C(=O)N[C@@H](CCC(=O)O)C(=O)N[C@@H](CO)C(=O)N[C@@H](CCC(=O)O)C(=O)N[C@@H](CO)C(=O)N[C@@H](CCC(=O)O)C(=O)N[C@@H](CO)C(=O)O. The molecule has 9 amide bonds. The van der Waals surface area contributed by atoms with Crippen LogP contribution >= 0.6 is 0 Å². The lowest BCUT2D eigenvalue weighted by Gasteiger charge is -2.27. The molecule has 0 aliphatic rings. The Morgan fingerprint density at radius 3 is 0.632 bits per heavy atom. The summed E-state index contributed by atoms with van der Waals surface area (Å²) in [5.74, 6) is -21.6. The molecule has 76 heavy (non-hydrogen) atoms. The van der Waals surface area contributed by atoms with Crippen LogP contribution < -0.4 is 53.6 Å². The van der Waals surface area contributed by atoms with Crippen molar-refractivity contribution in [1.82, 2.24) is 47.9 Å². The maximum atomic E-state index is 13.5. The summed E-state index contributed by atoms with van der Waals surface area (Å²) < 4.78 is 0. The van der Waals surface area contributed by atoms with Gasteiger partial charge in [-0.3, -0.25) is 67.1 Å². The van der Waals surface area contributed by atoms with E-state index in [0.29, 0.717) is 0 Å². The zero-order chi connectivity index (χ0) is 58.4. The van der Waals surface area contributed by atoms with E-state index in [-0.39, 0.29) is 0 Å². The van der Waals surface area contributed by atoms with Crippen molar-refractivity contribution in [3.8, 4) is 0 Å². The largest absolute Gasteiger partial charge is 0.481 e. The van der Waals surface area contributed by atoms with Crippen LogP contribution in [0.2, 0.25) is 0 Å². The lowest BCUT2D eigenvalue weighted by atomic mass is 10.1. The molecule has 0 aromatic carbocycles. The highest BCUT2D eigenvalue weighted by Crippen LogP contribution is 2.07. The number of hydrogen-bond donors (Lipinski definition) is 21. The monoisotopic (exact) mass is 1100 g/mol. The molecule has 0 fully saturated rings. The van der Waals surface area contributed by atoms with E-state index in [2.05, 4.69) is 0 Å². The van der Waals surface area contributed by atoms with Gasteiger partial charge in [-0.15, -0.1) is 0 Å². The Morgan fingerprint density at radius 1 is 0.263 bits per heavy atom. The molecule has 0 spiro atoms. The molecule has 0 heterocycles. The first-order valence-electron chi connectivity index (χ1n) is 22.4. The number of nitrogens with one attached hydrogen (secondary N) is 9. The standard InChI is InChI=1S/C40H62N10O26/c41-16(1-6-26(56)57)31(66)46-21(11-51)36(71)42-17(2-7-27(58)59)32(67)47-22(12-52)37(72)43-18(3-8-28(60)61)33(68)48-23(13-53)38(73)44-19(4-9-29(62)63)34(69)49-24(14-54)39(74)45-20(5-10-30(64)65)35(70)50-25(15-55)40(75)76/h16-25,51-55H,1-15,41H2,(H,42,71)(H,43,72)(H,44,73)(H,45,74)(H,46,66)(H,47,67)(H,48,68)(H,49,69)(H,50,70)(H,56,57)(H,58,59)(H,60,61)(H,62,63)(H,64,65)(H,75,76)/t16-,17-,18-,19-,20-,21-,22-,23-,24-,25-/m0/s1. The molecule has 0 radical (unpaired) electrons. The minimum atomic E-state index is -2.14. The molecule has 0 saturated carbocycles. The van der Waals surface area contributed by atoms with Crippen molar-refractivity contribution in [2.45, 2.75) is 125 Å². The molecule has 36 heteroatoms. The van der Waals surface area contributed by atoms with E-state index in [1.807, 2.05) is 47.9 Å². The first-order chi connectivity index (χ1) is 35.5. The first-order valence-corrected chi connectivity index (χ1v) is 22.4. The number of nitrogens with two attached hydrogens (primary N) is 1. The van der Waals surface area contributed by atoms with E-state index in [0.717, 1.165) is 0 Å². The minimum Gasteiger partial charge on any atom is -0.481 e. The second-order valence-corrected chi connectivity index (χ2v) is 16.1. The molecule has 0 aliphatic heterocycles. The molecular formula is C40H62N10O26. The molecule has 0 rings (SSSR count). The predicted octanol–water partition coefficient (Wildman–Crippen LogP) is -11.0. The minimum absolute atomic E-state index is 0.397. The molecule has 22 N–H and O–H groups in total. The summed E-state index contributed by atoms with van der Waals surface area (Å²) >= 11 is 0. The van der Waals surface area contributed by atoms with Gasteiger partial charge in [0.25, 0.3) is 0 Å². The van der Waals surface area contributed by atoms with Crippen LogP contribution in [0.15, 0.2) is 0 Å². The Labute approximate surface area is 427 Å². The van der Waals surface area contributed by atoms with Gasteiger partial charge in [0, 0.05) is 32.1 Å². The van der Waals surface area contributed by atoms with Crippen molar-refractivity contribution in [3.63, 3.8) is 0 Å². The number of carbonyl (C=O) groups excluding carboxylic acids is 9. The van der Waals surface area contributed by atoms with Gasteiger partial charge in [-0.25, -0.2) is 4.79 Å². The van der Waals surface area contributed by atoms with Gasteiger partial charge in [0.1, 0.15) is 54.4 Å². The fourth-order valence-electron chi connectivity index (χ4n) is 5.98. The smallest absolute Gasteiger partial charge is 0.328 e. The Morgan fingerprint density at radius 2 is 0.434 bits per heavy atom. The summed E-state index contributed by atoms with van der Waals surface area (Å²) in [7, 11) is 0. The zero-order valence-electron chi connectivity index (χ0n) is 40.0. The number of hydrogen-bond acceptors (Lipinski definition) is 21. The van der Waals surface area contributed by atoms with E-state index in [9.17, 15) is 113 Å². The van der Waals surface area contributed by atoms with E-state index in [4.69, 9.17) is 21.1 Å². The highest BCUT2D eigenvalue weighted by Gasteiger charge is 2.36. The molecule has 10 atom stereocenters. The summed E-state index contributed by atoms with van der Waals surface area (Å²) in [6.07, 6.45) is -7.46. The van der Waals surface area contributed by atoms with E-state index >= 15 is 0 Å². The lowest BCUT2D eigenvalue weighted by Crippen LogP contribution is -2.61. The van der Waals surface area contributed by atoms with Crippen LogP contribution in [0.5, 0.6) is 0 Å². The average molecular weight is 1100 g/mol. The molecule has 36 nitrogen and oxygen atoms in total. The van der Waals surface area contributed by atoms with Crippen LogP contribution in [0, 0.1) is 0 Å². The van der Waals surface area contributed by atoms with Gasteiger partial charge in [0.15, 0.2) is 0 Å². The number of carboxylic acids is 6. The fourth-order valence-corrected chi connectivity index (χ4v) is 5.98. The van der Waals surface area contributed by atoms with Crippen molar-refractivity contribution in [2.24, 2.45) is 5.73 Å². The number of carboxylic acid groups (broad SMARTS) is 6. The molecular weight excluding hydrogens is 1040 g/mol. The summed E-state index contributed by atoms with van der Waals surface area (Å²) in [6, 6.07) is -19.4. The maximum Gasteiger partial charge on any atom is 0.328 e. The predicted molar refractivity (Wildman–Crippen MR) is 243 cm³/mol. The third-order valence-corrected chi connectivity index (χ3v) is 10.2. The molecule has 0 aromatic rings.